The Kier molecular flexibility index (Phi) is 4.62. The number of aryl methyl sites for hydroxylation is 2. The topological polar surface area (TPSA) is 97.8 Å². The van der Waals surface area contributed by atoms with Crippen molar-refractivity contribution in [2.24, 2.45) is 7.05 Å². The maximum absolute atomic E-state index is 5.70. The van der Waals surface area contributed by atoms with Crippen LogP contribution in [0.15, 0.2) is 53.6 Å². The summed E-state index contributed by atoms with van der Waals surface area (Å²) in [4.78, 5) is 20.3. The number of aromatic nitrogens is 6. The summed E-state index contributed by atoms with van der Waals surface area (Å²) in [5.74, 6) is 2.94. The van der Waals surface area contributed by atoms with Crippen molar-refractivity contribution in [3.05, 3.63) is 60.5 Å². The highest BCUT2D eigenvalue weighted by molar-refractivity contribution is 5.56. The summed E-state index contributed by atoms with van der Waals surface area (Å²) in [6, 6.07) is 9.67. The van der Waals surface area contributed by atoms with E-state index >= 15 is 0 Å². The number of hydrogen-bond acceptors (Lipinski definition) is 8. The van der Waals surface area contributed by atoms with E-state index in [9.17, 15) is 0 Å². The molecule has 0 saturated carbocycles. The predicted molar refractivity (Wildman–Crippen MR) is 112 cm³/mol. The summed E-state index contributed by atoms with van der Waals surface area (Å²) < 4.78 is 7.58. The molecule has 5 rings (SSSR count). The Morgan fingerprint density at radius 3 is 2.83 bits per heavy atom. The first kappa shape index (κ1) is 18.3. The molecule has 4 aromatic heterocycles. The number of imidazole rings is 1. The molecule has 0 bridgehead atoms. The van der Waals surface area contributed by atoms with Crippen molar-refractivity contribution in [2.45, 2.75) is 25.8 Å². The van der Waals surface area contributed by atoms with Gasteiger partial charge in [-0.3, -0.25) is 4.98 Å². The van der Waals surface area contributed by atoms with Gasteiger partial charge in [-0.2, -0.15) is 4.98 Å². The molecule has 9 heteroatoms. The number of rotatable bonds is 5. The lowest BCUT2D eigenvalue weighted by molar-refractivity contribution is 0.362. The Balaban J connectivity index is 1.42. The van der Waals surface area contributed by atoms with Crippen molar-refractivity contribution >= 4 is 17.6 Å². The third kappa shape index (κ3) is 3.61. The van der Waals surface area contributed by atoms with Gasteiger partial charge in [0.1, 0.15) is 17.3 Å². The lowest BCUT2D eigenvalue weighted by atomic mass is 10.1. The van der Waals surface area contributed by atoms with Gasteiger partial charge >= 0.3 is 0 Å². The fraction of sp³-hybridized carbons (Fsp3) is 0.286. The van der Waals surface area contributed by atoms with Gasteiger partial charge in [0.25, 0.3) is 0 Å². The van der Waals surface area contributed by atoms with Crippen molar-refractivity contribution in [2.75, 3.05) is 16.8 Å². The Morgan fingerprint density at radius 2 is 2.03 bits per heavy atom. The molecule has 1 fully saturated rings. The van der Waals surface area contributed by atoms with Crippen LogP contribution in [0.2, 0.25) is 0 Å². The largest absolute Gasteiger partial charge is 0.358 e. The summed E-state index contributed by atoms with van der Waals surface area (Å²) in [6.45, 7) is 2.82. The van der Waals surface area contributed by atoms with Gasteiger partial charge in [0.05, 0.1) is 18.1 Å². The van der Waals surface area contributed by atoms with Gasteiger partial charge in [0, 0.05) is 43.8 Å². The first-order valence-electron chi connectivity index (χ1n) is 9.91. The lowest BCUT2D eigenvalue weighted by Crippen LogP contribution is -2.25. The molecule has 152 valence electrons. The van der Waals surface area contributed by atoms with Crippen molar-refractivity contribution < 1.29 is 4.52 Å². The Hall–Kier alpha value is -3.75. The zero-order valence-electron chi connectivity index (χ0n) is 16.9. The molecule has 5 heterocycles. The van der Waals surface area contributed by atoms with Crippen LogP contribution < -0.4 is 10.2 Å². The number of anilines is 3. The molecule has 0 aliphatic carbocycles. The molecule has 0 amide bonds. The van der Waals surface area contributed by atoms with E-state index in [1.807, 2.05) is 55.1 Å². The fourth-order valence-corrected chi connectivity index (χ4v) is 3.74. The van der Waals surface area contributed by atoms with Crippen molar-refractivity contribution in [3.63, 3.8) is 0 Å². The molecule has 0 spiro atoms. The quantitative estimate of drug-likeness (QED) is 0.540. The van der Waals surface area contributed by atoms with Gasteiger partial charge in [-0.15, -0.1) is 0 Å². The zero-order valence-corrected chi connectivity index (χ0v) is 16.9. The molecule has 1 atom stereocenters. The number of pyridine rings is 1. The first-order valence-corrected chi connectivity index (χ1v) is 9.91. The van der Waals surface area contributed by atoms with Crippen LogP contribution in [0.5, 0.6) is 0 Å². The molecule has 1 aliphatic heterocycles. The normalized spacial score (nSPS) is 16.2. The van der Waals surface area contributed by atoms with Crippen molar-refractivity contribution in [1.82, 2.24) is 29.7 Å². The summed E-state index contributed by atoms with van der Waals surface area (Å²) >= 11 is 0. The highest BCUT2D eigenvalue weighted by Crippen LogP contribution is 2.36. The second-order valence-corrected chi connectivity index (χ2v) is 7.42. The second kappa shape index (κ2) is 7.58. The van der Waals surface area contributed by atoms with E-state index < -0.39 is 0 Å². The minimum absolute atomic E-state index is 0.0412. The SMILES string of the molecule is Cc1cc(Nc2cn(C)cn2)nc(N2CCC[C@H]2c2cc(-c3ccccn3)no2)n1. The summed E-state index contributed by atoms with van der Waals surface area (Å²) in [5.41, 5.74) is 2.42. The Labute approximate surface area is 173 Å². The summed E-state index contributed by atoms with van der Waals surface area (Å²) in [7, 11) is 1.93. The van der Waals surface area contributed by atoms with Crippen LogP contribution in [-0.2, 0) is 7.05 Å². The van der Waals surface area contributed by atoms with E-state index in [2.05, 4.69) is 30.3 Å². The van der Waals surface area contributed by atoms with Gasteiger partial charge in [-0.05, 0) is 31.9 Å². The van der Waals surface area contributed by atoms with Gasteiger partial charge in [-0.1, -0.05) is 11.2 Å². The molecule has 1 N–H and O–H groups in total. The van der Waals surface area contributed by atoms with Gasteiger partial charge in [-0.25, -0.2) is 9.97 Å². The molecule has 9 nitrogen and oxygen atoms in total. The number of hydrogen-bond donors (Lipinski definition) is 1. The van der Waals surface area contributed by atoms with Gasteiger partial charge < -0.3 is 19.3 Å². The van der Waals surface area contributed by atoms with Crippen molar-refractivity contribution in [3.8, 4) is 11.4 Å². The minimum atomic E-state index is 0.0412. The smallest absolute Gasteiger partial charge is 0.228 e. The molecule has 0 radical (unpaired) electrons. The van der Waals surface area contributed by atoms with Crippen LogP contribution in [0.1, 0.15) is 30.3 Å². The van der Waals surface area contributed by atoms with Gasteiger partial charge in [0.15, 0.2) is 5.76 Å². The maximum atomic E-state index is 5.70. The van der Waals surface area contributed by atoms with Gasteiger partial charge in [0.2, 0.25) is 5.95 Å². The molecular weight excluding hydrogens is 380 g/mol. The van der Waals surface area contributed by atoms with E-state index in [0.29, 0.717) is 11.8 Å². The Morgan fingerprint density at radius 1 is 1.10 bits per heavy atom. The van der Waals surface area contributed by atoms with Crippen LogP contribution in [0, 0.1) is 6.92 Å². The standard InChI is InChI=1S/C21H22N8O/c1-14-10-19(25-20-12-28(2)13-23-20)26-21(24-14)29-9-5-7-17(29)18-11-16(27-30-18)15-6-3-4-8-22-15/h3-4,6,8,10-13,17H,5,7,9H2,1-2H3,(H,24,25,26)/t17-/m0/s1. The molecule has 0 aromatic carbocycles. The van der Waals surface area contributed by atoms with Crippen molar-refractivity contribution in [1.29, 1.82) is 0 Å². The number of nitrogens with one attached hydrogen (secondary N) is 1. The summed E-state index contributed by atoms with van der Waals surface area (Å²) in [6.07, 6.45) is 7.39. The molecule has 4 aromatic rings. The van der Waals surface area contributed by atoms with E-state index in [1.165, 1.54) is 0 Å². The second-order valence-electron chi connectivity index (χ2n) is 7.42. The van der Waals surface area contributed by atoms with Crippen LogP contribution >= 0.6 is 0 Å². The third-order valence-corrected chi connectivity index (χ3v) is 5.10. The highest BCUT2D eigenvalue weighted by atomic mass is 16.5. The van der Waals surface area contributed by atoms with Crippen LogP contribution in [-0.4, -0.2) is 36.2 Å². The Bertz CT molecular complexity index is 1150. The predicted octanol–water partition coefficient (Wildman–Crippen LogP) is 3.65. The zero-order chi connectivity index (χ0) is 20.5. The molecular formula is C21H22N8O. The van der Waals surface area contributed by atoms with E-state index in [4.69, 9.17) is 9.51 Å². The first-order chi connectivity index (χ1) is 14.7. The third-order valence-electron chi connectivity index (χ3n) is 5.10. The lowest BCUT2D eigenvalue weighted by Gasteiger charge is -2.23. The molecule has 1 aliphatic rings. The van der Waals surface area contributed by atoms with Crippen LogP contribution in [0.4, 0.5) is 17.6 Å². The monoisotopic (exact) mass is 402 g/mol. The fourth-order valence-electron chi connectivity index (χ4n) is 3.74. The number of nitrogens with zero attached hydrogens (tertiary/aromatic N) is 7. The van der Waals surface area contributed by atoms with E-state index in [0.717, 1.165) is 48.0 Å². The molecule has 30 heavy (non-hydrogen) atoms. The maximum Gasteiger partial charge on any atom is 0.228 e. The summed E-state index contributed by atoms with van der Waals surface area (Å²) in [5, 5.41) is 7.48. The molecule has 1 saturated heterocycles. The highest BCUT2D eigenvalue weighted by Gasteiger charge is 2.32. The average molecular weight is 402 g/mol. The average Bonchev–Trinajstić information content (AvgIpc) is 3.48. The van der Waals surface area contributed by atoms with Crippen LogP contribution in [0.3, 0.4) is 0 Å². The van der Waals surface area contributed by atoms with E-state index in [1.54, 1.807) is 12.5 Å². The van der Waals surface area contributed by atoms with Crippen LogP contribution in [0.25, 0.3) is 11.4 Å². The minimum Gasteiger partial charge on any atom is -0.358 e. The van der Waals surface area contributed by atoms with E-state index in [-0.39, 0.29) is 6.04 Å². The molecule has 0 unspecified atom stereocenters.